The predicted octanol–water partition coefficient (Wildman–Crippen LogP) is 0.113. The molecule has 0 aliphatic carbocycles. The standard InChI is InChI=1S/C13H23N3O2/c1-10(17)15-12-5-3-7-16(9-12)13(18)11-4-2-6-14-8-11/h11-12,14H,2-9H2,1H3,(H,15,17)/t11-,12?/m1/s1. The number of piperidine rings is 2. The highest BCUT2D eigenvalue weighted by molar-refractivity contribution is 5.79. The van der Waals surface area contributed by atoms with E-state index in [0.717, 1.165) is 45.3 Å². The molecule has 102 valence electrons. The maximum Gasteiger partial charge on any atom is 0.227 e. The summed E-state index contributed by atoms with van der Waals surface area (Å²) in [4.78, 5) is 25.4. The molecular formula is C13H23N3O2. The first kappa shape index (κ1) is 13.3. The number of rotatable bonds is 2. The summed E-state index contributed by atoms with van der Waals surface area (Å²) >= 11 is 0. The fourth-order valence-electron chi connectivity index (χ4n) is 2.90. The van der Waals surface area contributed by atoms with Crippen LogP contribution in [0.3, 0.4) is 0 Å². The summed E-state index contributed by atoms with van der Waals surface area (Å²) in [6.45, 7) is 4.88. The zero-order chi connectivity index (χ0) is 13.0. The van der Waals surface area contributed by atoms with E-state index in [1.54, 1.807) is 0 Å². The number of likely N-dealkylation sites (tertiary alicyclic amines) is 1. The van der Waals surface area contributed by atoms with Gasteiger partial charge in [-0.15, -0.1) is 0 Å². The number of carbonyl (C=O) groups excluding carboxylic acids is 2. The molecule has 5 nitrogen and oxygen atoms in total. The average Bonchev–Trinajstić information content (AvgIpc) is 2.38. The molecule has 0 radical (unpaired) electrons. The summed E-state index contributed by atoms with van der Waals surface area (Å²) < 4.78 is 0. The van der Waals surface area contributed by atoms with Gasteiger partial charge in [-0.25, -0.2) is 0 Å². The molecule has 2 aliphatic rings. The zero-order valence-electron chi connectivity index (χ0n) is 11.1. The van der Waals surface area contributed by atoms with Crippen LogP contribution in [-0.4, -0.2) is 48.9 Å². The minimum absolute atomic E-state index is 0.00590. The van der Waals surface area contributed by atoms with Crippen LogP contribution in [0.15, 0.2) is 0 Å². The highest BCUT2D eigenvalue weighted by atomic mass is 16.2. The van der Waals surface area contributed by atoms with Gasteiger partial charge in [0.05, 0.1) is 5.92 Å². The van der Waals surface area contributed by atoms with Crippen molar-refractivity contribution in [2.75, 3.05) is 26.2 Å². The van der Waals surface area contributed by atoms with Crippen molar-refractivity contribution in [3.63, 3.8) is 0 Å². The lowest BCUT2D eigenvalue weighted by Gasteiger charge is -2.36. The van der Waals surface area contributed by atoms with Crippen molar-refractivity contribution in [3.8, 4) is 0 Å². The van der Waals surface area contributed by atoms with E-state index in [4.69, 9.17) is 0 Å². The molecule has 2 rings (SSSR count). The highest BCUT2D eigenvalue weighted by Gasteiger charge is 2.29. The molecular weight excluding hydrogens is 230 g/mol. The molecule has 2 atom stereocenters. The zero-order valence-corrected chi connectivity index (χ0v) is 11.1. The van der Waals surface area contributed by atoms with Crippen LogP contribution in [0.5, 0.6) is 0 Å². The molecule has 0 spiro atoms. The predicted molar refractivity (Wildman–Crippen MR) is 69.0 cm³/mol. The Hall–Kier alpha value is -1.10. The number of hydrogen-bond acceptors (Lipinski definition) is 3. The molecule has 0 aromatic heterocycles. The first-order valence-electron chi connectivity index (χ1n) is 6.93. The highest BCUT2D eigenvalue weighted by Crippen LogP contribution is 2.17. The largest absolute Gasteiger partial charge is 0.352 e. The topological polar surface area (TPSA) is 61.4 Å². The fourth-order valence-corrected chi connectivity index (χ4v) is 2.90. The Balaban J connectivity index is 1.87. The molecule has 2 N–H and O–H groups in total. The van der Waals surface area contributed by atoms with Gasteiger partial charge < -0.3 is 15.5 Å². The van der Waals surface area contributed by atoms with Crippen LogP contribution in [0.4, 0.5) is 0 Å². The van der Waals surface area contributed by atoms with Gasteiger partial charge in [-0.05, 0) is 32.2 Å². The molecule has 2 saturated heterocycles. The first-order chi connectivity index (χ1) is 8.66. The Labute approximate surface area is 108 Å². The van der Waals surface area contributed by atoms with Gasteiger partial charge in [0.1, 0.15) is 0 Å². The van der Waals surface area contributed by atoms with Crippen LogP contribution < -0.4 is 10.6 Å². The first-order valence-corrected chi connectivity index (χ1v) is 6.93. The molecule has 0 aromatic rings. The van der Waals surface area contributed by atoms with Gasteiger partial charge in [-0.1, -0.05) is 0 Å². The van der Waals surface area contributed by atoms with Crippen LogP contribution in [0.2, 0.25) is 0 Å². The fraction of sp³-hybridized carbons (Fsp3) is 0.846. The quantitative estimate of drug-likeness (QED) is 0.734. The molecule has 18 heavy (non-hydrogen) atoms. The molecule has 2 aliphatic heterocycles. The summed E-state index contributed by atoms with van der Waals surface area (Å²) in [6.07, 6.45) is 4.04. The Morgan fingerprint density at radius 3 is 2.78 bits per heavy atom. The van der Waals surface area contributed by atoms with Crippen molar-refractivity contribution < 1.29 is 9.59 Å². The number of carbonyl (C=O) groups is 2. The summed E-state index contributed by atoms with van der Waals surface area (Å²) in [5.74, 6) is 0.390. The van der Waals surface area contributed by atoms with Gasteiger partial charge in [0.15, 0.2) is 0 Å². The monoisotopic (exact) mass is 253 g/mol. The third-order valence-corrected chi connectivity index (χ3v) is 3.79. The Morgan fingerprint density at radius 2 is 2.11 bits per heavy atom. The van der Waals surface area contributed by atoms with Crippen molar-refractivity contribution in [1.29, 1.82) is 0 Å². The maximum atomic E-state index is 12.4. The SMILES string of the molecule is CC(=O)NC1CCCN(C(=O)[C@@H]2CCCNC2)C1. The normalized spacial score (nSPS) is 28.8. The van der Waals surface area contributed by atoms with E-state index < -0.39 is 0 Å². The molecule has 2 fully saturated rings. The van der Waals surface area contributed by atoms with E-state index in [1.165, 1.54) is 6.92 Å². The summed E-state index contributed by atoms with van der Waals surface area (Å²) in [5, 5.41) is 6.20. The van der Waals surface area contributed by atoms with Crippen molar-refractivity contribution in [2.45, 2.75) is 38.6 Å². The second-order valence-electron chi connectivity index (χ2n) is 5.37. The van der Waals surface area contributed by atoms with E-state index in [-0.39, 0.29) is 23.8 Å². The lowest BCUT2D eigenvalue weighted by atomic mass is 9.96. The summed E-state index contributed by atoms with van der Waals surface area (Å²) in [6, 6.07) is 0.136. The van der Waals surface area contributed by atoms with Gasteiger partial charge in [0.2, 0.25) is 11.8 Å². The molecule has 5 heteroatoms. The minimum atomic E-state index is -0.00590. The van der Waals surface area contributed by atoms with Gasteiger partial charge in [-0.2, -0.15) is 0 Å². The van der Waals surface area contributed by atoms with Gasteiger partial charge >= 0.3 is 0 Å². The number of amides is 2. The summed E-state index contributed by atoms with van der Waals surface area (Å²) in [7, 11) is 0. The van der Waals surface area contributed by atoms with Crippen molar-refractivity contribution in [2.24, 2.45) is 5.92 Å². The number of hydrogen-bond donors (Lipinski definition) is 2. The Morgan fingerprint density at radius 1 is 1.28 bits per heavy atom. The van der Waals surface area contributed by atoms with Crippen LogP contribution >= 0.6 is 0 Å². The van der Waals surface area contributed by atoms with Gasteiger partial charge in [0.25, 0.3) is 0 Å². The lowest BCUT2D eigenvalue weighted by Crippen LogP contribution is -2.52. The van der Waals surface area contributed by atoms with E-state index in [2.05, 4.69) is 10.6 Å². The van der Waals surface area contributed by atoms with Gasteiger partial charge in [0, 0.05) is 32.6 Å². The smallest absolute Gasteiger partial charge is 0.227 e. The maximum absolute atomic E-state index is 12.4. The second kappa shape index (κ2) is 6.18. The second-order valence-corrected chi connectivity index (χ2v) is 5.37. The molecule has 1 unspecified atom stereocenters. The van der Waals surface area contributed by atoms with Crippen molar-refractivity contribution in [3.05, 3.63) is 0 Å². The van der Waals surface area contributed by atoms with Crippen molar-refractivity contribution >= 4 is 11.8 Å². The average molecular weight is 253 g/mol. The van der Waals surface area contributed by atoms with E-state index in [9.17, 15) is 9.59 Å². The molecule has 0 aromatic carbocycles. The summed E-state index contributed by atoms with van der Waals surface area (Å²) in [5.41, 5.74) is 0. The third-order valence-electron chi connectivity index (χ3n) is 3.79. The molecule has 2 heterocycles. The van der Waals surface area contributed by atoms with Crippen LogP contribution in [0.25, 0.3) is 0 Å². The van der Waals surface area contributed by atoms with Gasteiger partial charge in [-0.3, -0.25) is 9.59 Å². The van der Waals surface area contributed by atoms with Crippen LogP contribution in [0, 0.1) is 5.92 Å². The van der Waals surface area contributed by atoms with Crippen LogP contribution in [0.1, 0.15) is 32.6 Å². The Kier molecular flexibility index (Phi) is 4.58. The molecule has 2 amide bonds. The molecule has 0 saturated carbocycles. The van der Waals surface area contributed by atoms with E-state index in [0.29, 0.717) is 6.54 Å². The third kappa shape index (κ3) is 3.45. The Bertz CT molecular complexity index is 313. The van der Waals surface area contributed by atoms with E-state index >= 15 is 0 Å². The van der Waals surface area contributed by atoms with Crippen molar-refractivity contribution in [1.82, 2.24) is 15.5 Å². The number of nitrogens with one attached hydrogen (secondary N) is 2. The van der Waals surface area contributed by atoms with E-state index in [1.807, 2.05) is 4.90 Å². The number of nitrogens with zero attached hydrogens (tertiary/aromatic N) is 1. The van der Waals surface area contributed by atoms with Crippen LogP contribution in [-0.2, 0) is 9.59 Å². The minimum Gasteiger partial charge on any atom is -0.352 e. The lowest BCUT2D eigenvalue weighted by molar-refractivity contribution is -0.138. The molecule has 0 bridgehead atoms.